The molecule has 0 spiro atoms. The third-order valence-electron chi connectivity index (χ3n) is 3.68. The van der Waals surface area contributed by atoms with Crippen LogP contribution >= 0.6 is 0 Å². The molecular formula is C20H21N2O+. The molecule has 0 fully saturated rings. The summed E-state index contributed by atoms with van der Waals surface area (Å²) < 4.78 is 5.99. The van der Waals surface area contributed by atoms with Crippen LogP contribution in [0.2, 0.25) is 0 Å². The van der Waals surface area contributed by atoms with E-state index in [0.29, 0.717) is 6.61 Å². The van der Waals surface area contributed by atoms with Gasteiger partial charge in [-0.05, 0) is 23.8 Å². The number of rotatable bonds is 7. The van der Waals surface area contributed by atoms with Crippen molar-refractivity contribution in [1.29, 1.82) is 0 Å². The second-order valence-electron chi connectivity index (χ2n) is 5.44. The van der Waals surface area contributed by atoms with E-state index in [2.05, 4.69) is 40.6 Å². The molecule has 116 valence electrons. The lowest BCUT2D eigenvalue weighted by atomic mass is 10.2. The van der Waals surface area contributed by atoms with E-state index < -0.39 is 0 Å². The van der Waals surface area contributed by atoms with E-state index >= 15 is 0 Å². The van der Waals surface area contributed by atoms with E-state index in [9.17, 15) is 0 Å². The number of nitrogens with two attached hydrogens (primary N) is 1. The zero-order chi connectivity index (χ0) is 15.7. The van der Waals surface area contributed by atoms with Gasteiger partial charge in [0.05, 0.1) is 0 Å². The van der Waals surface area contributed by atoms with Gasteiger partial charge in [-0.25, -0.2) is 0 Å². The Kier molecular flexibility index (Phi) is 5.38. The summed E-state index contributed by atoms with van der Waals surface area (Å²) in [5, 5.41) is 2.27. The number of aromatic nitrogens is 1. The maximum absolute atomic E-state index is 5.99. The van der Waals surface area contributed by atoms with Gasteiger partial charge in [-0.3, -0.25) is 4.98 Å². The maximum atomic E-state index is 5.99. The fraction of sp³-hybridized carbons (Fsp3) is 0.150. The molecule has 0 aliphatic carbocycles. The number of nitrogens with zero attached hydrogens (tertiary/aromatic N) is 1. The van der Waals surface area contributed by atoms with Crippen LogP contribution in [0.3, 0.4) is 0 Å². The molecule has 3 nitrogen and oxygen atoms in total. The lowest BCUT2D eigenvalue weighted by Crippen LogP contribution is -2.80. The molecular weight excluding hydrogens is 284 g/mol. The van der Waals surface area contributed by atoms with Crippen molar-refractivity contribution in [2.24, 2.45) is 0 Å². The highest BCUT2D eigenvalue weighted by Crippen LogP contribution is 2.18. The van der Waals surface area contributed by atoms with Crippen molar-refractivity contribution in [1.82, 2.24) is 4.98 Å². The molecule has 1 aromatic heterocycles. The van der Waals surface area contributed by atoms with Gasteiger partial charge in [-0.1, -0.05) is 48.5 Å². The topological polar surface area (TPSA) is 38.7 Å². The van der Waals surface area contributed by atoms with E-state index in [0.717, 1.165) is 18.8 Å². The van der Waals surface area contributed by atoms with Crippen molar-refractivity contribution in [2.75, 3.05) is 0 Å². The third-order valence-corrected chi connectivity index (χ3v) is 3.68. The van der Waals surface area contributed by atoms with Crippen LogP contribution in [0, 0.1) is 0 Å². The maximum Gasteiger partial charge on any atom is 0.128 e. The fourth-order valence-electron chi connectivity index (χ4n) is 2.46. The molecule has 23 heavy (non-hydrogen) atoms. The molecule has 3 heteroatoms. The molecule has 0 saturated heterocycles. The zero-order valence-corrected chi connectivity index (χ0v) is 13.1. The van der Waals surface area contributed by atoms with Crippen LogP contribution in [0.1, 0.15) is 16.7 Å². The molecule has 0 unspecified atom stereocenters. The van der Waals surface area contributed by atoms with Crippen LogP contribution in [0.15, 0.2) is 79.1 Å². The van der Waals surface area contributed by atoms with Crippen LogP contribution in [0.4, 0.5) is 0 Å². The molecule has 2 aromatic carbocycles. The van der Waals surface area contributed by atoms with Crippen molar-refractivity contribution in [3.05, 3.63) is 95.8 Å². The number of pyridine rings is 1. The first-order chi connectivity index (χ1) is 11.4. The Morgan fingerprint density at radius 2 is 1.57 bits per heavy atom. The summed E-state index contributed by atoms with van der Waals surface area (Å²) in [6.45, 7) is 2.40. The Labute approximate surface area is 137 Å². The third kappa shape index (κ3) is 4.66. The standard InChI is InChI=1S/C20H20N2O/c1-2-7-17(8-3-1)16-23-20-11-5-4-10-19(20)15-22-14-18-9-6-12-21-13-18/h1-13,22H,14-16H2/p+1. The highest BCUT2D eigenvalue weighted by atomic mass is 16.5. The molecule has 2 N–H and O–H groups in total. The van der Waals surface area contributed by atoms with Crippen molar-refractivity contribution < 1.29 is 10.1 Å². The highest BCUT2D eigenvalue weighted by molar-refractivity contribution is 5.32. The van der Waals surface area contributed by atoms with Gasteiger partial charge < -0.3 is 10.1 Å². The van der Waals surface area contributed by atoms with Gasteiger partial charge in [-0.15, -0.1) is 0 Å². The van der Waals surface area contributed by atoms with E-state index in [1.165, 1.54) is 16.7 Å². The minimum atomic E-state index is 0.598. The average molecular weight is 305 g/mol. The Morgan fingerprint density at radius 1 is 0.783 bits per heavy atom. The Balaban J connectivity index is 1.57. The van der Waals surface area contributed by atoms with Crippen molar-refractivity contribution in [3.8, 4) is 5.75 Å². The summed E-state index contributed by atoms with van der Waals surface area (Å²) >= 11 is 0. The summed E-state index contributed by atoms with van der Waals surface area (Å²) in [5.74, 6) is 0.957. The normalized spacial score (nSPS) is 10.4. The van der Waals surface area contributed by atoms with Crippen molar-refractivity contribution >= 4 is 0 Å². The van der Waals surface area contributed by atoms with Crippen LogP contribution in [0.25, 0.3) is 0 Å². The molecule has 1 heterocycles. The number of hydrogen-bond acceptors (Lipinski definition) is 2. The van der Waals surface area contributed by atoms with Crippen LogP contribution in [0.5, 0.6) is 5.75 Å². The first-order valence-corrected chi connectivity index (χ1v) is 7.87. The predicted octanol–water partition coefficient (Wildman–Crippen LogP) is 2.92. The molecule has 3 aromatic rings. The Bertz CT molecular complexity index is 714. The molecule has 0 aliphatic rings. The molecule has 0 amide bonds. The van der Waals surface area contributed by atoms with E-state index in [1.807, 2.05) is 42.6 Å². The lowest BCUT2D eigenvalue weighted by molar-refractivity contribution is -0.686. The SMILES string of the molecule is c1ccc(COc2ccccc2C[NH2+]Cc2cccnc2)cc1. The molecule has 3 rings (SSSR count). The quantitative estimate of drug-likeness (QED) is 0.729. The van der Waals surface area contributed by atoms with Crippen LogP contribution in [-0.4, -0.2) is 4.98 Å². The zero-order valence-electron chi connectivity index (χ0n) is 13.1. The smallest absolute Gasteiger partial charge is 0.128 e. The van der Waals surface area contributed by atoms with Gasteiger partial charge in [0, 0.05) is 23.5 Å². The van der Waals surface area contributed by atoms with Crippen molar-refractivity contribution in [2.45, 2.75) is 19.7 Å². The minimum Gasteiger partial charge on any atom is -0.488 e. The number of hydrogen-bond donors (Lipinski definition) is 1. The Hall–Kier alpha value is -2.65. The number of ether oxygens (including phenoxy) is 1. The van der Waals surface area contributed by atoms with Gasteiger partial charge >= 0.3 is 0 Å². The summed E-state index contributed by atoms with van der Waals surface area (Å²) in [4.78, 5) is 4.15. The first kappa shape index (κ1) is 15.3. The number of quaternary nitrogens is 1. The molecule has 0 saturated carbocycles. The molecule has 0 bridgehead atoms. The second-order valence-corrected chi connectivity index (χ2v) is 5.44. The van der Waals surface area contributed by atoms with Crippen LogP contribution in [-0.2, 0) is 19.7 Å². The fourth-order valence-corrected chi connectivity index (χ4v) is 2.46. The van der Waals surface area contributed by atoms with Gasteiger partial charge in [0.25, 0.3) is 0 Å². The summed E-state index contributed by atoms with van der Waals surface area (Å²) in [6, 6.07) is 22.6. The van der Waals surface area contributed by atoms with Gasteiger partial charge in [0.2, 0.25) is 0 Å². The minimum absolute atomic E-state index is 0.598. The van der Waals surface area contributed by atoms with Crippen LogP contribution < -0.4 is 10.1 Å². The van der Waals surface area contributed by atoms with E-state index in [4.69, 9.17) is 4.74 Å². The van der Waals surface area contributed by atoms with E-state index in [1.54, 1.807) is 6.20 Å². The van der Waals surface area contributed by atoms with Crippen molar-refractivity contribution in [3.63, 3.8) is 0 Å². The highest BCUT2D eigenvalue weighted by Gasteiger charge is 2.05. The largest absolute Gasteiger partial charge is 0.488 e. The van der Waals surface area contributed by atoms with Gasteiger partial charge in [0.1, 0.15) is 25.4 Å². The lowest BCUT2D eigenvalue weighted by Gasteiger charge is -2.11. The average Bonchev–Trinajstić information content (AvgIpc) is 2.63. The summed E-state index contributed by atoms with van der Waals surface area (Å²) in [6.07, 6.45) is 3.71. The number of benzene rings is 2. The summed E-state index contributed by atoms with van der Waals surface area (Å²) in [5.41, 5.74) is 3.63. The molecule has 0 radical (unpaired) electrons. The first-order valence-electron chi connectivity index (χ1n) is 7.87. The summed E-state index contributed by atoms with van der Waals surface area (Å²) in [7, 11) is 0. The predicted molar refractivity (Wildman–Crippen MR) is 90.8 cm³/mol. The van der Waals surface area contributed by atoms with Gasteiger partial charge in [-0.2, -0.15) is 0 Å². The second kappa shape index (κ2) is 8.11. The molecule has 0 aliphatic heterocycles. The van der Waals surface area contributed by atoms with E-state index in [-0.39, 0.29) is 0 Å². The number of para-hydroxylation sites is 1. The monoisotopic (exact) mass is 305 g/mol. The van der Waals surface area contributed by atoms with Gasteiger partial charge in [0.15, 0.2) is 0 Å². The molecule has 0 atom stereocenters. The Morgan fingerprint density at radius 3 is 2.39 bits per heavy atom.